The van der Waals surface area contributed by atoms with Crippen molar-refractivity contribution in [2.45, 2.75) is 37.5 Å². The Morgan fingerprint density at radius 2 is 1.54 bits per heavy atom. The van der Waals surface area contributed by atoms with E-state index in [-0.39, 0.29) is 5.75 Å². The third-order valence-electron chi connectivity index (χ3n) is 3.12. The van der Waals surface area contributed by atoms with E-state index in [0.29, 0.717) is 0 Å². The number of carbonyl (C=O) groups is 5. The second-order valence-corrected chi connectivity index (χ2v) is 5.70. The maximum Gasteiger partial charge on any atom is 0.326 e. The Bertz CT molecular complexity index is 559. The van der Waals surface area contributed by atoms with Crippen LogP contribution in [0.2, 0.25) is 0 Å². The zero-order valence-corrected chi connectivity index (χ0v) is 14.9. The number of nitrogens with two attached hydrogens (primary N) is 2. The molecule has 0 bridgehead atoms. The summed E-state index contributed by atoms with van der Waals surface area (Å²) in [7, 11) is 0. The number of hydrogen-bond acceptors (Lipinski definition) is 8. The second-order valence-electron chi connectivity index (χ2n) is 5.33. The number of nitrogens with one attached hydrogen (secondary N) is 3. The van der Waals surface area contributed by atoms with Gasteiger partial charge in [-0.2, -0.15) is 12.6 Å². The first kappa shape index (κ1) is 23.6. The fourth-order valence-electron chi connectivity index (χ4n) is 1.63. The van der Waals surface area contributed by atoms with E-state index in [0.717, 1.165) is 0 Å². The molecule has 13 heteroatoms. The van der Waals surface area contributed by atoms with Crippen molar-refractivity contribution >= 4 is 42.2 Å². The maximum absolute atomic E-state index is 12.1. The molecule has 0 heterocycles. The number of carboxylic acids is 1. The van der Waals surface area contributed by atoms with Crippen molar-refractivity contribution in [2.24, 2.45) is 11.5 Å². The average Bonchev–Trinajstić information content (AvgIpc) is 2.56. The van der Waals surface area contributed by atoms with E-state index in [1.807, 2.05) is 0 Å². The van der Waals surface area contributed by atoms with Crippen molar-refractivity contribution in [1.82, 2.24) is 16.0 Å². The largest absolute Gasteiger partial charge is 0.480 e. The summed E-state index contributed by atoms with van der Waals surface area (Å²) in [5.74, 6) is -5.01. The lowest BCUT2D eigenvalue weighted by atomic mass is 10.1. The first-order chi connectivity index (χ1) is 12.0. The molecule has 4 unspecified atom stereocenters. The minimum absolute atomic E-state index is 0.183. The van der Waals surface area contributed by atoms with Crippen LogP contribution in [0.5, 0.6) is 0 Å². The van der Waals surface area contributed by atoms with Crippen molar-refractivity contribution in [3.05, 3.63) is 0 Å². The Morgan fingerprint density at radius 3 is 1.96 bits per heavy atom. The molecule has 9 N–H and O–H groups in total. The van der Waals surface area contributed by atoms with E-state index in [9.17, 15) is 24.0 Å². The number of amides is 4. The highest BCUT2D eigenvalue weighted by Gasteiger charge is 2.28. The maximum atomic E-state index is 12.1. The molecule has 0 saturated carbocycles. The zero-order valence-electron chi connectivity index (χ0n) is 14.0. The Morgan fingerprint density at radius 1 is 1.00 bits per heavy atom. The van der Waals surface area contributed by atoms with Crippen LogP contribution >= 0.6 is 12.6 Å². The number of hydrogen-bond donors (Lipinski definition) is 8. The smallest absolute Gasteiger partial charge is 0.326 e. The van der Waals surface area contributed by atoms with E-state index >= 15 is 0 Å². The fraction of sp³-hybridized carbons (Fsp3) is 0.615. The van der Waals surface area contributed by atoms with Crippen LogP contribution in [0.4, 0.5) is 0 Å². The van der Waals surface area contributed by atoms with Gasteiger partial charge in [-0.3, -0.25) is 19.2 Å². The molecule has 0 aliphatic heterocycles. The summed E-state index contributed by atoms with van der Waals surface area (Å²) in [5, 5.41) is 24.3. The van der Waals surface area contributed by atoms with Gasteiger partial charge in [-0.15, -0.1) is 0 Å². The number of aliphatic hydroxyl groups is 1. The van der Waals surface area contributed by atoms with E-state index in [4.69, 9.17) is 21.7 Å². The molecule has 0 fully saturated rings. The minimum atomic E-state index is -1.56. The number of aliphatic carboxylic acids is 1. The number of carboxylic acid groups (broad SMARTS) is 1. The van der Waals surface area contributed by atoms with Gasteiger partial charge in [0.25, 0.3) is 0 Å². The quantitative estimate of drug-likeness (QED) is 0.160. The van der Waals surface area contributed by atoms with E-state index in [1.54, 1.807) is 0 Å². The molecule has 0 rings (SSSR count). The molecule has 4 atom stereocenters. The monoisotopic (exact) mass is 393 g/mol. The number of primary amides is 1. The Balaban J connectivity index is 4.83. The Kier molecular flexibility index (Phi) is 10.2. The van der Waals surface area contributed by atoms with Gasteiger partial charge in [0.2, 0.25) is 23.6 Å². The normalized spacial score (nSPS) is 15.1. The van der Waals surface area contributed by atoms with Crippen LogP contribution in [0, 0.1) is 0 Å². The molecule has 0 saturated heterocycles. The summed E-state index contributed by atoms with van der Waals surface area (Å²) in [5.41, 5.74) is 10.2. The summed E-state index contributed by atoms with van der Waals surface area (Å²) in [4.78, 5) is 57.5. The molecule has 12 nitrogen and oxygen atoms in total. The Hall–Kier alpha value is -2.38. The van der Waals surface area contributed by atoms with Gasteiger partial charge in [0.15, 0.2) is 0 Å². The molecule has 0 radical (unpaired) electrons. The molecule has 148 valence electrons. The summed E-state index contributed by atoms with van der Waals surface area (Å²) >= 11 is 3.90. The highest BCUT2D eigenvalue weighted by atomic mass is 32.1. The van der Waals surface area contributed by atoms with Crippen LogP contribution in [0.15, 0.2) is 0 Å². The van der Waals surface area contributed by atoms with Gasteiger partial charge in [-0.1, -0.05) is 0 Å². The van der Waals surface area contributed by atoms with Gasteiger partial charge >= 0.3 is 5.97 Å². The summed E-state index contributed by atoms with van der Waals surface area (Å²) < 4.78 is 0. The SMILES string of the molecule is CC(NC(=O)C(N)CO)C(=O)NC(CS)C(=O)NC(CC(N)=O)C(=O)O. The highest BCUT2D eigenvalue weighted by molar-refractivity contribution is 7.80. The molecule has 0 aromatic heterocycles. The third-order valence-corrected chi connectivity index (χ3v) is 3.49. The molecule has 0 aromatic rings. The lowest BCUT2D eigenvalue weighted by Gasteiger charge is -2.22. The van der Waals surface area contributed by atoms with Crippen molar-refractivity contribution in [2.75, 3.05) is 12.4 Å². The van der Waals surface area contributed by atoms with Crippen LogP contribution in [0.1, 0.15) is 13.3 Å². The van der Waals surface area contributed by atoms with Gasteiger partial charge in [0, 0.05) is 5.75 Å². The standard InChI is InChI=1S/C13H23N5O7S/c1-5(16-11(22)6(14)3-19)10(21)18-8(4-26)12(23)17-7(13(24)25)2-9(15)20/h5-8,19,26H,2-4,14H2,1H3,(H2,15,20)(H,16,22)(H,17,23)(H,18,21)(H,24,25). The second kappa shape index (κ2) is 11.3. The zero-order chi connectivity index (χ0) is 20.4. The number of thiol groups is 1. The fourth-order valence-corrected chi connectivity index (χ4v) is 1.89. The van der Waals surface area contributed by atoms with Gasteiger partial charge in [-0.05, 0) is 6.92 Å². The predicted molar refractivity (Wildman–Crippen MR) is 91.8 cm³/mol. The average molecular weight is 393 g/mol. The van der Waals surface area contributed by atoms with Gasteiger partial charge < -0.3 is 37.6 Å². The predicted octanol–water partition coefficient (Wildman–Crippen LogP) is -4.33. The molecule has 0 aliphatic rings. The first-order valence-electron chi connectivity index (χ1n) is 7.43. The topological polar surface area (TPSA) is 214 Å². The van der Waals surface area contributed by atoms with Crippen molar-refractivity contribution in [3.63, 3.8) is 0 Å². The van der Waals surface area contributed by atoms with Gasteiger partial charge in [-0.25, -0.2) is 4.79 Å². The Labute approximate surface area is 154 Å². The van der Waals surface area contributed by atoms with Crippen LogP contribution in [-0.4, -0.2) is 76.3 Å². The van der Waals surface area contributed by atoms with Crippen LogP contribution in [0.25, 0.3) is 0 Å². The summed E-state index contributed by atoms with van der Waals surface area (Å²) in [6.45, 7) is 0.705. The van der Waals surface area contributed by atoms with E-state index in [1.165, 1.54) is 6.92 Å². The molecule has 0 aromatic carbocycles. The lowest BCUT2D eigenvalue weighted by molar-refractivity contribution is -0.143. The molecule has 4 amide bonds. The van der Waals surface area contributed by atoms with Crippen molar-refractivity contribution in [1.29, 1.82) is 0 Å². The van der Waals surface area contributed by atoms with Crippen molar-refractivity contribution < 1.29 is 34.2 Å². The summed E-state index contributed by atoms with van der Waals surface area (Å²) in [6, 6.07) is -5.08. The lowest BCUT2D eigenvalue weighted by Crippen LogP contribution is -2.57. The van der Waals surface area contributed by atoms with Crippen LogP contribution in [0.3, 0.4) is 0 Å². The van der Waals surface area contributed by atoms with E-state index < -0.39 is 66.8 Å². The number of rotatable bonds is 11. The number of aliphatic hydroxyl groups excluding tert-OH is 1. The molecule has 26 heavy (non-hydrogen) atoms. The van der Waals surface area contributed by atoms with Gasteiger partial charge in [0.1, 0.15) is 24.2 Å². The third kappa shape index (κ3) is 8.13. The minimum Gasteiger partial charge on any atom is -0.480 e. The molecule has 0 spiro atoms. The van der Waals surface area contributed by atoms with Crippen molar-refractivity contribution in [3.8, 4) is 0 Å². The molecular weight excluding hydrogens is 370 g/mol. The van der Waals surface area contributed by atoms with Crippen LogP contribution in [-0.2, 0) is 24.0 Å². The summed E-state index contributed by atoms with van der Waals surface area (Å²) in [6.07, 6.45) is -0.625. The first-order valence-corrected chi connectivity index (χ1v) is 8.06. The highest BCUT2D eigenvalue weighted by Crippen LogP contribution is 1.97. The van der Waals surface area contributed by atoms with Gasteiger partial charge in [0.05, 0.1) is 13.0 Å². The van der Waals surface area contributed by atoms with E-state index in [2.05, 4.69) is 28.6 Å². The molecular formula is C13H23N5O7S. The number of carbonyl (C=O) groups excluding carboxylic acids is 4. The van der Waals surface area contributed by atoms with Crippen LogP contribution < -0.4 is 27.4 Å². The molecule has 0 aliphatic carbocycles.